The topological polar surface area (TPSA) is 92.2 Å². The van der Waals surface area contributed by atoms with Crippen molar-refractivity contribution in [1.29, 1.82) is 0 Å². The minimum atomic E-state index is -0.917. The van der Waals surface area contributed by atoms with Crippen LogP contribution in [0.1, 0.15) is 17.2 Å². The van der Waals surface area contributed by atoms with Gasteiger partial charge in [0.15, 0.2) is 0 Å². The Hall–Kier alpha value is -4.04. The van der Waals surface area contributed by atoms with E-state index in [1.807, 2.05) is 31.1 Å². The number of rotatable bonds is 6. The standard InChI is InChI=1S/C26H24ClN3O5/c1-29(2)16-7-9-17(10-8-16)30-23(15-6-5-11-28-14-15)22(25(32)26(30)33)24(31)18-12-19(27)21(35-4)13-20(18)34-3/h5-14,23,31H,1-4H3/b24-22+. The molecule has 180 valence electrons. The first-order valence-electron chi connectivity index (χ1n) is 10.7. The van der Waals surface area contributed by atoms with E-state index in [2.05, 4.69) is 4.98 Å². The molecule has 1 aliphatic heterocycles. The van der Waals surface area contributed by atoms with Gasteiger partial charge in [-0.2, -0.15) is 0 Å². The van der Waals surface area contributed by atoms with Crippen LogP contribution in [0.4, 0.5) is 11.4 Å². The minimum Gasteiger partial charge on any atom is -0.507 e. The molecular formula is C26H24ClN3O5. The van der Waals surface area contributed by atoms with Crippen LogP contribution in [-0.2, 0) is 9.59 Å². The quantitative estimate of drug-likeness (QED) is 0.308. The van der Waals surface area contributed by atoms with Gasteiger partial charge in [0.2, 0.25) is 0 Å². The monoisotopic (exact) mass is 493 g/mol. The number of halogens is 1. The Morgan fingerprint density at radius 1 is 1.06 bits per heavy atom. The molecule has 1 aromatic heterocycles. The molecule has 1 fully saturated rings. The first-order chi connectivity index (χ1) is 16.8. The lowest BCUT2D eigenvalue weighted by atomic mass is 9.95. The molecular weight excluding hydrogens is 470 g/mol. The molecule has 0 saturated carbocycles. The summed E-state index contributed by atoms with van der Waals surface area (Å²) in [5, 5.41) is 11.6. The highest BCUT2D eigenvalue weighted by molar-refractivity contribution is 6.51. The number of pyridine rings is 1. The van der Waals surface area contributed by atoms with E-state index in [1.165, 1.54) is 31.3 Å². The Morgan fingerprint density at radius 3 is 2.31 bits per heavy atom. The number of Topliss-reactive ketones (excluding diaryl/α,β-unsaturated/α-hetero) is 1. The maximum Gasteiger partial charge on any atom is 0.300 e. The number of ketones is 1. The summed E-state index contributed by atoms with van der Waals surface area (Å²) >= 11 is 6.30. The number of hydrogen-bond acceptors (Lipinski definition) is 7. The van der Waals surface area contributed by atoms with Crippen molar-refractivity contribution in [3.05, 3.63) is 82.6 Å². The second kappa shape index (κ2) is 9.68. The van der Waals surface area contributed by atoms with Gasteiger partial charge in [-0.15, -0.1) is 0 Å². The first-order valence-corrected chi connectivity index (χ1v) is 11.1. The molecule has 0 bridgehead atoms. The molecule has 9 heteroatoms. The SMILES string of the molecule is COc1cc(OC)c(/C(O)=C2\C(=O)C(=O)N(c3ccc(N(C)C)cc3)C2c2cccnc2)cc1Cl. The van der Waals surface area contributed by atoms with Crippen LogP contribution in [0, 0.1) is 0 Å². The molecule has 2 heterocycles. The summed E-state index contributed by atoms with van der Waals surface area (Å²) in [7, 11) is 6.69. The number of methoxy groups -OCH3 is 2. The number of nitrogens with zero attached hydrogens (tertiary/aromatic N) is 3. The van der Waals surface area contributed by atoms with Crippen LogP contribution < -0.4 is 19.3 Å². The fraction of sp³-hybridized carbons (Fsp3) is 0.192. The summed E-state index contributed by atoms with van der Waals surface area (Å²) in [4.78, 5) is 34.1. The lowest BCUT2D eigenvalue weighted by Gasteiger charge is -2.26. The number of benzene rings is 2. The molecule has 1 atom stereocenters. The Kier molecular flexibility index (Phi) is 6.66. The van der Waals surface area contributed by atoms with Gasteiger partial charge in [0.1, 0.15) is 17.3 Å². The van der Waals surface area contributed by atoms with E-state index in [4.69, 9.17) is 21.1 Å². The molecule has 2 aromatic carbocycles. The molecule has 1 unspecified atom stereocenters. The Morgan fingerprint density at radius 2 is 1.74 bits per heavy atom. The number of carbonyl (C=O) groups is 2. The summed E-state index contributed by atoms with van der Waals surface area (Å²) in [5.41, 5.74) is 2.06. The lowest BCUT2D eigenvalue weighted by Crippen LogP contribution is -2.29. The fourth-order valence-electron chi connectivity index (χ4n) is 4.05. The summed E-state index contributed by atoms with van der Waals surface area (Å²) in [6.07, 6.45) is 3.15. The van der Waals surface area contributed by atoms with Crippen LogP contribution in [0.15, 0.2) is 66.5 Å². The van der Waals surface area contributed by atoms with Gasteiger partial charge in [0.25, 0.3) is 11.7 Å². The number of aromatic nitrogens is 1. The Bertz CT molecular complexity index is 1310. The van der Waals surface area contributed by atoms with Crippen LogP contribution in [0.25, 0.3) is 5.76 Å². The number of amides is 1. The number of hydrogen-bond donors (Lipinski definition) is 1. The van der Waals surface area contributed by atoms with E-state index in [1.54, 1.807) is 36.7 Å². The van der Waals surface area contributed by atoms with Crippen molar-refractivity contribution in [2.24, 2.45) is 0 Å². The molecule has 0 aliphatic carbocycles. The number of aliphatic hydroxyl groups is 1. The zero-order valence-electron chi connectivity index (χ0n) is 19.7. The molecule has 1 aliphatic rings. The normalized spacial score (nSPS) is 16.9. The van der Waals surface area contributed by atoms with E-state index in [9.17, 15) is 14.7 Å². The van der Waals surface area contributed by atoms with Crippen molar-refractivity contribution >= 4 is 40.4 Å². The highest BCUT2D eigenvalue weighted by Crippen LogP contribution is 2.44. The van der Waals surface area contributed by atoms with Crippen molar-refractivity contribution in [3.63, 3.8) is 0 Å². The number of aliphatic hydroxyl groups excluding tert-OH is 1. The van der Waals surface area contributed by atoms with E-state index in [0.29, 0.717) is 17.0 Å². The van der Waals surface area contributed by atoms with Crippen LogP contribution >= 0.6 is 11.6 Å². The lowest BCUT2D eigenvalue weighted by molar-refractivity contribution is -0.132. The molecule has 1 N–H and O–H groups in total. The number of anilines is 2. The smallest absolute Gasteiger partial charge is 0.300 e. The third-order valence-corrected chi connectivity index (χ3v) is 6.11. The van der Waals surface area contributed by atoms with Gasteiger partial charge in [0.05, 0.1) is 36.4 Å². The van der Waals surface area contributed by atoms with Gasteiger partial charge in [-0.1, -0.05) is 17.7 Å². The van der Waals surface area contributed by atoms with Crippen molar-refractivity contribution in [3.8, 4) is 11.5 Å². The van der Waals surface area contributed by atoms with E-state index < -0.39 is 23.5 Å². The highest BCUT2D eigenvalue weighted by atomic mass is 35.5. The number of carbonyl (C=O) groups excluding carboxylic acids is 2. The summed E-state index contributed by atoms with van der Waals surface area (Å²) in [6.45, 7) is 0. The maximum atomic E-state index is 13.3. The Balaban J connectivity index is 1.94. The second-order valence-electron chi connectivity index (χ2n) is 8.05. The molecule has 3 aromatic rings. The molecule has 35 heavy (non-hydrogen) atoms. The summed E-state index contributed by atoms with van der Waals surface area (Å²) in [6, 6.07) is 12.7. The van der Waals surface area contributed by atoms with Crippen LogP contribution in [0.2, 0.25) is 5.02 Å². The molecule has 0 spiro atoms. The van der Waals surface area contributed by atoms with Gasteiger partial charge in [0, 0.05) is 43.9 Å². The third kappa shape index (κ3) is 4.28. The first kappa shape index (κ1) is 24.1. The van der Waals surface area contributed by atoms with Crippen molar-refractivity contribution in [2.75, 3.05) is 38.1 Å². The third-order valence-electron chi connectivity index (χ3n) is 5.82. The van der Waals surface area contributed by atoms with Gasteiger partial charge in [-0.25, -0.2) is 0 Å². The predicted octanol–water partition coefficient (Wildman–Crippen LogP) is 4.44. The van der Waals surface area contributed by atoms with Gasteiger partial charge >= 0.3 is 0 Å². The molecule has 1 saturated heterocycles. The average Bonchev–Trinajstić information content (AvgIpc) is 3.14. The minimum absolute atomic E-state index is 0.0979. The fourth-order valence-corrected chi connectivity index (χ4v) is 4.29. The zero-order valence-corrected chi connectivity index (χ0v) is 20.4. The largest absolute Gasteiger partial charge is 0.507 e. The van der Waals surface area contributed by atoms with Gasteiger partial charge in [-0.05, 0) is 42.0 Å². The summed E-state index contributed by atoms with van der Waals surface area (Å²) in [5.74, 6) is -1.44. The van der Waals surface area contributed by atoms with Crippen molar-refractivity contribution < 1.29 is 24.2 Å². The Labute approximate surface area is 208 Å². The average molecular weight is 494 g/mol. The molecule has 4 rings (SSSR count). The van der Waals surface area contributed by atoms with Gasteiger partial charge in [-0.3, -0.25) is 19.5 Å². The van der Waals surface area contributed by atoms with Crippen molar-refractivity contribution in [1.82, 2.24) is 4.98 Å². The zero-order chi connectivity index (χ0) is 25.3. The van der Waals surface area contributed by atoms with Crippen LogP contribution in [0.3, 0.4) is 0 Å². The molecule has 8 nitrogen and oxygen atoms in total. The van der Waals surface area contributed by atoms with Gasteiger partial charge < -0.3 is 19.5 Å². The van der Waals surface area contributed by atoms with Crippen molar-refractivity contribution in [2.45, 2.75) is 6.04 Å². The number of ether oxygens (including phenoxy) is 2. The van der Waals surface area contributed by atoms with E-state index in [0.717, 1.165) is 5.69 Å². The highest BCUT2D eigenvalue weighted by Gasteiger charge is 2.47. The van der Waals surface area contributed by atoms with E-state index in [-0.39, 0.29) is 21.9 Å². The molecule has 0 radical (unpaired) electrons. The molecule has 1 amide bonds. The predicted molar refractivity (Wildman–Crippen MR) is 134 cm³/mol. The van der Waals surface area contributed by atoms with Crippen LogP contribution in [0.5, 0.6) is 11.5 Å². The van der Waals surface area contributed by atoms with E-state index >= 15 is 0 Å². The second-order valence-corrected chi connectivity index (χ2v) is 8.46. The maximum absolute atomic E-state index is 13.3. The van der Waals surface area contributed by atoms with Crippen LogP contribution in [-0.4, -0.2) is 50.1 Å². The summed E-state index contributed by atoms with van der Waals surface area (Å²) < 4.78 is 10.6.